The molecular weight excluding hydrogens is 299 g/mol. The van der Waals surface area contributed by atoms with Crippen LogP contribution in [0, 0.1) is 12.7 Å². The van der Waals surface area contributed by atoms with E-state index in [-0.39, 0.29) is 18.3 Å². The maximum atomic E-state index is 13.5. The van der Waals surface area contributed by atoms with Gasteiger partial charge in [-0.3, -0.25) is 9.69 Å². The van der Waals surface area contributed by atoms with Gasteiger partial charge < -0.3 is 15.2 Å². The van der Waals surface area contributed by atoms with E-state index in [9.17, 15) is 14.3 Å². The first kappa shape index (κ1) is 16.4. The van der Waals surface area contributed by atoms with Crippen LogP contribution in [0.15, 0.2) is 18.2 Å². The first-order valence-corrected chi connectivity index (χ1v) is 8.09. The highest BCUT2D eigenvalue weighted by molar-refractivity contribution is 5.92. The van der Waals surface area contributed by atoms with E-state index in [1.807, 2.05) is 4.90 Å². The number of halogens is 1. The number of hydrogen-bond acceptors (Lipinski definition) is 4. The van der Waals surface area contributed by atoms with E-state index in [4.69, 9.17) is 4.74 Å². The van der Waals surface area contributed by atoms with Crippen LogP contribution >= 0.6 is 0 Å². The van der Waals surface area contributed by atoms with Crippen molar-refractivity contribution >= 4 is 11.6 Å². The van der Waals surface area contributed by atoms with Crippen molar-refractivity contribution in [3.8, 4) is 0 Å². The molecule has 0 radical (unpaired) electrons. The molecule has 23 heavy (non-hydrogen) atoms. The second kappa shape index (κ2) is 6.55. The summed E-state index contributed by atoms with van der Waals surface area (Å²) in [6, 6.07) is 4.66. The minimum Gasteiger partial charge on any atom is -0.390 e. The van der Waals surface area contributed by atoms with E-state index >= 15 is 0 Å². The van der Waals surface area contributed by atoms with Crippen LogP contribution < -0.4 is 5.32 Å². The molecule has 0 aliphatic carbocycles. The number of aliphatic hydroxyl groups excluding tert-OH is 1. The third-order valence-corrected chi connectivity index (χ3v) is 4.77. The van der Waals surface area contributed by atoms with Crippen molar-refractivity contribution in [2.45, 2.75) is 37.9 Å². The van der Waals surface area contributed by atoms with Crippen LogP contribution in [0.5, 0.6) is 0 Å². The smallest absolute Gasteiger partial charge is 0.238 e. The number of aliphatic hydroxyl groups is 1. The SMILES string of the molecule is Cc1ccc(NC(=O)CN2CC[C@H](O)[C@]3(CCCO3)C2)cc1F. The molecule has 0 saturated carbocycles. The Balaban J connectivity index is 1.58. The lowest BCUT2D eigenvalue weighted by Gasteiger charge is -2.42. The molecule has 126 valence electrons. The van der Waals surface area contributed by atoms with Gasteiger partial charge in [0.05, 0.1) is 12.6 Å². The fourth-order valence-electron chi connectivity index (χ4n) is 3.45. The number of likely N-dealkylation sites (tertiary alicyclic amines) is 1. The molecule has 2 N–H and O–H groups in total. The summed E-state index contributed by atoms with van der Waals surface area (Å²) in [7, 11) is 0. The number of nitrogens with zero attached hydrogens (tertiary/aromatic N) is 1. The molecule has 1 aromatic rings. The van der Waals surface area contributed by atoms with Crippen molar-refractivity contribution in [1.29, 1.82) is 0 Å². The molecule has 3 rings (SSSR count). The van der Waals surface area contributed by atoms with Gasteiger partial charge in [-0.1, -0.05) is 6.07 Å². The van der Waals surface area contributed by atoms with Crippen LogP contribution in [0.3, 0.4) is 0 Å². The number of amides is 1. The molecule has 2 aliphatic rings. The summed E-state index contributed by atoms with van der Waals surface area (Å²) >= 11 is 0. The van der Waals surface area contributed by atoms with E-state index in [1.165, 1.54) is 6.07 Å². The van der Waals surface area contributed by atoms with Gasteiger partial charge in [-0.2, -0.15) is 0 Å². The van der Waals surface area contributed by atoms with Gasteiger partial charge in [-0.25, -0.2) is 4.39 Å². The summed E-state index contributed by atoms with van der Waals surface area (Å²) in [6.45, 7) is 3.78. The van der Waals surface area contributed by atoms with E-state index in [0.717, 1.165) is 12.8 Å². The number of ether oxygens (including phenoxy) is 1. The Morgan fingerprint density at radius 1 is 1.57 bits per heavy atom. The fraction of sp³-hybridized carbons (Fsp3) is 0.588. The largest absolute Gasteiger partial charge is 0.390 e. The highest BCUT2D eigenvalue weighted by Crippen LogP contribution is 2.34. The molecule has 1 aromatic carbocycles. The average Bonchev–Trinajstić information content (AvgIpc) is 2.96. The highest BCUT2D eigenvalue weighted by atomic mass is 19.1. The molecule has 1 amide bonds. The first-order chi connectivity index (χ1) is 11.0. The van der Waals surface area contributed by atoms with Crippen molar-refractivity contribution in [1.82, 2.24) is 4.90 Å². The summed E-state index contributed by atoms with van der Waals surface area (Å²) in [6.07, 6.45) is 1.91. The standard InChI is InChI=1S/C17H23FN2O3/c1-12-3-4-13(9-14(12)18)19-16(22)10-20-7-5-15(21)17(11-20)6-2-8-23-17/h3-4,9,15,21H,2,5-8,10-11H2,1H3,(H,19,22)/t15-,17-/m0/s1. The van der Waals surface area contributed by atoms with Gasteiger partial charge in [0.2, 0.25) is 5.91 Å². The van der Waals surface area contributed by atoms with Gasteiger partial charge in [-0.15, -0.1) is 0 Å². The molecule has 0 bridgehead atoms. The predicted octanol–water partition coefficient (Wildman–Crippen LogP) is 1.69. The number of aryl methyl sites for hydroxylation is 1. The number of hydrogen-bond donors (Lipinski definition) is 2. The summed E-state index contributed by atoms with van der Waals surface area (Å²) in [5.74, 6) is -0.514. The van der Waals surface area contributed by atoms with Gasteiger partial charge in [0.15, 0.2) is 0 Å². The molecule has 2 saturated heterocycles. The number of rotatable bonds is 3. The molecule has 2 aliphatic heterocycles. The maximum Gasteiger partial charge on any atom is 0.238 e. The van der Waals surface area contributed by atoms with Crippen LogP contribution in [0.1, 0.15) is 24.8 Å². The number of carbonyl (C=O) groups is 1. The Kier molecular flexibility index (Phi) is 4.66. The van der Waals surface area contributed by atoms with E-state index in [2.05, 4.69) is 5.32 Å². The minimum absolute atomic E-state index is 0.183. The zero-order valence-corrected chi connectivity index (χ0v) is 13.3. The van der Waals surface area contributed by atoms with Crippen molar-refractivity contribution < 1.29 is 19.0 Å². The zero-order chi connectivity index (χ0) is 16.4. The maximum absolute atomic E-state index is 13.5. The molecule has 1 spiro atoms. The van der Waals surface area contributed by atoms with E-state index < -0.39 is 11.7 Å². The lowest BCUT2D eigenvalue weighted by molar-refractivity contribution is -0.137. The number of nitrogens with one attached hydrogen (secondary N) is 1. The first-order valence-electron chi connectivity index (χ1n) is 8.09. The molecule has 5 nitrogen and oxygen atoms in total. The van der Waals surface area contributed by atoms with Crippen LogP contribution in [0.25, 0.3) is 0 Å². The molecule has 2 atom stereocenters. The normalized spacial score (nSPS) is 28.2. The summed E-state index contributed by atoms with van der Waals surface area (Å²) in [5, 5.41) is 12.9. The predicted molar refractivity (Wildman–Crippen MR) is 84.7 cm³/mol. The minimum atomic E-state index is -0.519. The van der Waals surface area contributed by atoms with Crippen LogP contribution in [0.4, 0.5) is 10.1 Å². The third kappa shape index (κ3) is 3.54. The van der Waals surface area contributed by atoms with Gasteiger partial charge in [0.25, 0.3) is 0 Å². The van der Waals surface area contributed by atoms with Crippen LogP contribution in [-0.4, -0.2) is 53.9 Å². The van der Waals surface area contributed by atoms with Crippen molar-refractivity contribution in [2.75, 3.05) is 31.6 Å². The molecule has 2 heterocycles. The summed E-state index contributed by atoms with van der Waals surface area (Å²) in [5.41, 5.74) is 0.490. The number of anilines is 1. The Morgan fingerprint density at radius 3 is 3.09 bits per heavy atom. The molecule has 0 unspecified atom stereocenters. The average molecular weight is 322 g/mol. The van der Waals surface area contributed by atoms with Crippen LogP contribution in [0.2, 0.25) is 0 Å². The number of benzene rings is 1. The van der Waals surface area contributed by atoms with Gasteiger partial charge in [-0.05, 0) is 43.9 Å². The Labute approximate surface area is 135 Å². The van der Waals surface area contributed by atoms with Crippen molar-refractivity contribution in [3.63, 3.8) is 0 Å². The van der Waals surface area contributed by atoms with Crippen molar-refractivity contribution in [2.24, 2.45) is 0 Å². The van der Waals surface area contributed by atoms with Gasteiger partial charge in [0, 0.05) is 25.4 Å². The second-order valence-corrected chi connectivity index (χ2v) is 6.54. The molecule has 6 heteroatoms. The Hall–Kier alpha value is -1.50. The lowest BCUT2D eigenvalue weighted by Crippen LogP contribution is -2.57. The van der Waals surface area contributed by atoms with Gasteiger partial charge >= 0.3 is 0 Å². The molecular formula is C17H23FN2O3. The van der Waals surface area contributed by atoms with Gasteiger partial charge in [0.1, 0.15) is 11.4 Å². The Bertz CT molecular complexity index is 587. The quantitative estimate of drug-likeness (QED) is 0.889. The summed E-state index contributed by atoms with van der Waals surface area (Å²) in [4.78, 5) is 14.2. The fourth-order valence-corrected chi connectivity index (χ4v) is 3.45. The van der Waals surface area contributed by atoms with E-state index in [0.29, 0.717) is 37.4 Å². The van der Waals surface area contributed by atoms with Crippen molar-refractivity contribution in [3.05, 3.63) is 29.6 Å². The zero-order valence-electron chi connectivity index (χ0n) is 13.3. The molecule has 2 fully saturated rings. The third-order valence-electron chi connectivity index (χ3n) is 4.77. The number of carbonyl (C=O) groups excluding carboxylic acids is 1. The number of piperidine rings is 1. The Morgan fingerprint density at radius 2 is 2.39 bits per heavy atom. The summed E-state index contributed by atoms with van der Waals surface area (Å²) < 4.78 is 19.3. The topological polar surface area (TPSA) is 61.8 Å². The van der Waals surface area contributed by atoms with E-state index in [1.54, 1.807) is 19.1 Å². The molecule has 0 aromatic heterocycles. The second-order valence-electron chi connectivity index (χ2n) is 6.54. The monoisotopic (exact) mass is 322 g/mol. The van der Waals surface area contributed by atoms with Crippen LogP contribution in [-0.2, 0) is 9.53 Å². The highest BCUT2D eigenvalue weighted by Gasteiger charge is 2.46. The lowest BCUT2D eigenvalue weighted by atomic mass is 9.87.